The summed E-state index contributed by atoms with van der Waals surface area (Å²) in [6.07, 6.45) is 0. The van der Waals surface area contributed by atoms with Crippen molar-refractivity contribution in [2.45, 2.75) is 19.3 Å². The molecule has 0 unspecified atom stereocenters. The monoisotopic (exact) mass is 755 g/mol. The smallest absolute Gasteiger partial charge is 0.143 e. The maximum absolute atomic E-state index is 6.79. The Labute approximate surface area is 345 Å². The molecule has 0 spiro atoms. The first-order chi connectivity index (χ1) is 29.0. The SMILES string of the molecule is CC1(C)c2ccccc2-c2ccc(N(c3ccc(-c4ccc(-c5ccccc5)cc4)cc3)c3ccc(-c4cccc5c4oc4c(-c6ccccc6)cccc45)cc3)cc21. The number of rotatable bonds is 7. The Morgan fingerprint density at radius 1 is 0.322 bits per heavy atom. The van der Waals surface area contributed by atoms with Crippen molar-refractivity contribution in [3.05, 3.63) is 223 Å². The van der Waals surface area contributed by atoms with E-state index >= 15 is 0 Å². The van der Waals surface area contributed by atoms with E-state index in [0.29, 0.717) is 0 Å². The van der Waals surface area contributed by atoms with Gasteiger partial charge in [0.25, 0.3) is 0 Å². The fourth-order valence-corrected chi connectivity index (χ4v) is 9.25. The molecule has 2 heteroatoms. The molecule has 1 aliphatic rings. The Morgan fingerprint density at radius 3 is 1.31 bits per heavy atom. The lowest BCUT2D eigenvalue weighted by molar-refractivity contribution is 0.660. The first-order valence-electron chi connectivity index (χ1n) is 20.4. The van der Waals surface area contributed by atoms with Gasteiger partial charge in [-0.05, 0) is 92.0 Å². The van der Waals surface area contributed by atoms with Gasteiger partial charge in [-0.25, -0.2) is 0 Å². The first-order valence-corrected chi connectivity index (χ1v) is 20.4. The van der Waals surface area contributed by atoms with E-state index in [1.807, 2.05) is 0 Å². The van der Waals surface area contributed by atoms with E-state index < -0.39 is 0 Å². The van der Waals surface area contributed by atoms with E-state index in [1.165, 1.54) is 44.5 Å². The second-order valence-corrected chi connectivity index (χ2v) is 16.1. The molecule has 0 radical (unpaired) electrons. The fraction of sp³-hybridized carbons (Fsp3) is 0.0526. The highest BCUT2D eigenvalue weighted by molar-refractivity contribution is 6.13. The van der Waals surface area contributed by atoms with E-state index in [1.54, 1.807) is 0 Å². The zero-order chi connectivity index (χ0) is 39.5. The average Bonchev–Trinajstić information content (AvgIpc) is 3.80. The number of anilines is 3. The minimum atomic E-state index is -0.112. The lowest BCUT2D eigenvalue weighted by Crippen LogP contribution is -2.16. The number of nitrogens with zero attached hydrogens (tertiary/aromatic N) is 1. The summed E-state index contributed by atoms with van der Waals surface area (Å²) in [6.45, 7) is 4.69. The van der Waals surface area contributed by atoms with Gasteiger partial charge < -0.3 is 9.32 Å². The lowest BCUT2D eigenvalue weighted by atomic mass is 9.82. The van der Waals surface area contributed by atoms with Crippen molar-refractivity contribution in [3.63, 3.8) is 0 Å². The van der Waals surface area contributed by atoms with Crippen LogP contribution in [0.15, 0.2) is 217 Å². The third-order valence-electron chi connectivity index (χ3n) is 12.3. The van der Waals surface area contributed by atoms with Crippen LogP contribution in [0.3, 0.4) is 0 Å². The van der Waals surface area contributed by atoms with Crippen molar-refractivity contribution in [1.82, 2.24) is 0 Å². The Kier molecular flexibility index (Phi) is 8.20. The van der Waals surface area contributed by atoms with Gasteiger partial charge in [0.1, 0.15) is 11.2 Å². The Balaban J connectivity index is 0.991. The summed E-state index contributed by atoms with van der Waals surface area (Å²) < 4.78 is 6.79. The minimum absolute atomic E-state index is 0.112. The van der Waals surface area contributed by atoms with Crippen molar-refractivity contribution < 1.29 is 4.42 Å². The van der Waals surface area contributed by atoms with Gasteiger partial charge >= 0.3 is 0 Å². The molecular formula is C57H41NO. The normalized spacial score (nSPS) is 12.7. The summed E-state index contributed by atoms with van der Waals surface area (Å²) in [5.74, 6) is 0. The van der Waals surface area contributed by atoms with Crippen molar-refractivity contribution in [1.29, 1.82) is 0 Å². The van der Waals surface area contributed by atoms with Crippen LogP contribution in [0.4, 0.5) is 17.1 Å². The average molecular weight is 756 g/mol. The van der Waals surface area contributed by atoms with Crippen LogP contribution in [0, 0.1) is 0 Å². The van der Waals surface area contributed by atoms with Crippen LogP contribution in [0.1, 0.15) is 25.0 Å². The second kappa shape index (κ2) is 13.9. The summed E-state index contributed by atoms with van der Waals surface area (Å²) in [7, 11) is 0. The Hall–Kier alpha value is -7.42. The van der Waals surface area contributed by atoms with Gasteiger partial charge in [0.05, 0.1) is 0 Å². The number of benzene rings is 9. The highest BCUT2D eigenvalue weighted by Gasteiger charge is 2.35. The molecule has 0 amide bonds. The zero-order valence-electron chi connectivity index (χ0n) is 33.1. The molecular weight excluding hydrogens is 715 g/mol. The maximum atomic E-state index is 6.79. The first kappa shape index (κ1) is 34.8. The Morgan fingerprint density at radius 2 is 0.729 bits per heavy atom. The van der Waals surface area contributed by atoms with E-state index in [9.17, 15) is 0 Å². The van der Waals surface area contributed by atoms with E-state index in [0.717, 1.165) is 61.3 Å². The van der Waals surface area contributed by atoms with Gasteiger partial charge in [-0.1, -0.05) is 190 Å². The molecule has 0 saturated heterocycles. The summed E-state index contributed by atoms with van der Waals surface area (Å²) in [4.78, 5) is 2.39. The fourth-order valence-electron chi connectivity index (χ4n) is 9.25. The molecule has 1 heterocycles. The number of fused-ring (bicyclic) bond motifs is 6. The molecule has 0 saturated carbocycles. The molecule has 1 aliphatic carbocycles. The minimum Gasteiger partial charge on any atom is -0.455 e. The maximum Gasteiger partial charge on any atom is 0.143 e. The van der Waals surface area contributed by atoms with Crippen LogP contribution in [0.5, 0.6) is 0 Å². The molecule has 1 aromatic heterocycles. The summed E-state index contributed by atoms with van der Waals surface area (Å²) in [6, 6.07) is 76.6. The van der Waals surface area contributed by atoms with E-state index in [4.69, 9.17) is 4.42 Å². The Bertz CT molecular complexity index is 3140. The van der Waals surface area contributed by atoms with Crippen molar-refractivity contribution >= 4 is 39.0 Å². The molecule has 0 aliphatic heterocycles. The van der Waals surface area contributed by atoms with Gasteiger partial charge in [0.2, 0.25) is 0 Å². The summed E-state index contributed by atoms with van der Waals surface area (Å²) in [5, 5.41) is 2.25. The molecule has 59 heavy (non-hydrogen) atoms. The quantitative estimate of drug-likeness (QED) is 0.161. The second-order valence-electron chi connectivity index (χ2n) is 16.1. The van der Waals surface area contributed by atoms with Crippen molar-refractivity contribution in [2.75, 3.05) is 4.90 Å². The predicted molar refractivity (Wildman–Crippen MR) is 248 cm³/mol. The van der Waals surface area contributed by atoms with Gasteiger partial charge in [-0.2, -0.15) is 0 Å². The van der Waals surface area contributed by atoms with Gasteiger partial charge in [0.15, 0.2) is 0 Å². The largest absolute Gasteiger partial charge is 0.455 e. The number of hydrogen-bond donors (Lipinski definition) is 0. The van der Waals surface area contributed by atoms with E-state index in [2.05, 4.69) is 231 Å². The molecule has 0 bridgehead atoms. The highest BCUT2D eigenvalue weighted by atomic mass is 16.3. The molecule has 11 rings (SSSR count). The van der Waals surface area contributed by atoms with Crippen LogP contribution >= 0.6 is 0 Å². The van der Waals surface area contributed by atoms with Gasteiger partial charge in [-0.3, -0.25) is 0 Å². The van der Waals surface area contributed by atoms with E-state index in [-0.39, 0.29) is 5.41 Å². The van der Waals surface area contributed by atoms with Crippen LogP contribution in [-0.2, 0) is 5.41 Å². The molecule has 10 aromatic rings. The van der Waals surface area contributed by atoms with Crippen LogP contribution in [0.2, 0.25) is 0 Å². The number of furan rings is 1. The molecule has 0 fully saturated rings. The summed E-state index contributed by atoms with van der Waals surface area (Å²) in [5.41, 5.74) is 19.7. The van der Waals surface area contributed by atoms with Crippen molar-refractivity contribution in [3.8, 4) is 55.6 Å². The molecule has 9 aromatic carbocycles. The third kappa shape index (κ3) is 5.87. The zero-order valence-corrected chi connectivity index (χ0v) is 33.1. The highest BCUT2D eigenvalue weighted by Crippen LogP contribution is 2.51. The van der Waals surface area contributed by atoms with Gasteiger partial charge in [-0.15, -0.1) is 0 Å². The standard InChI is InChI=1S/C57H41NO/c1-57(2)53-22-10-9-17-49(53)50-36-35-46(37-54(50)57)58(44-31-27-41(28-32-44)40-25-23-39(24-26-40)38-13-5-3-6-14-38)45-33-29-43(30-34-45)48-19-12-21-52-51-20-11-18-47(55(51)59-56(48)52)42-15-7-4-8-16-42/h3-37H,1-2H3. The number of hydrogen-bond acceptors (Lipinski definition) is 2. The molecule has 2 nitrogen and oxygen atoms in total. The molecule has 0 atom stereocenters. The summed E-state index contributed by atoms with van der Waals surface area (Å²) >= 11 is 0. The van der Waals surface area contributed by atoms with Gasteiger partial charge in [0, 0.05) is 44.4 Å². The topological polar surface area (TPSA) is 16.4 Å². The van der Waals surface area contributed by atoms with Crippen LogP contribution in [-0.4, -0.2) is 0 Å². The molecule has 0 N–H and O–H groups in total. The van der Waals surface area contributed by atoms with Crippen molar-refractivity contribution in [2.24, 2.45) is 0 Å². The predicted octanol–water partition coefficient (Wildman–Crippen LogP) is 16.0. The van der Waals surface area contributed by atoms with Crippen LogP contribution in [0.25, 0.3) is 77.6 Å². The lowest BCUT2D eigenvalue weighted by Gasteiger charge is -2.28. The third-order valence-corrected chi connectivity index (χ3v) is 12.3. The molecule has 280 valence electrons. The number of para-hydroxylation sites is 2. The van der Waals surface area contributed by atoms with Crippen LogP contribution < -0.4 is 4.90 Å².